The van der Waals surface area contributed by atoms with Crippen LogP contribution in [0.1, 0.15) is 27.1 Å². The van der Waals surface area contributed by atoms with Gasteiger partial charge in [-0.15, -0.1) is 0 Å². The van der Waals surface area contributed by atoms with Gasteiger partial charge in [0.1, 0.15) is 21.6 Å². The standard InChI is InChI=1S/C20H19BrN2O6S/c1-29-17-6-4-3-5-15(17)22-18(24)16(9-10-30(2,27)28)23-19(25)13-8-7-12(21)11-14(13)20(23)26/h3-8,11,16H,9-10H2,1-2H3,(H,22,24)/t16-/m0/s1. The third-order valence-electron chi connectivity index (χ3n) is 4.62. The Morgan fingerprint density at radius 3 is 2.47 bits per heavy atom. The quantitative estimate of drug-likeness (QED) is 0.592. The molecule has 0 saturated heterocycles. The Labute approximate surface area is 182 Å². The highest BCUT2D eigenvalue weighted by Gasteiger charge is 2.43. The molecule has 2 aromatic carbocycles. The van der Waals surface area contributed by atoms with Gasteiger partial charge in [-0.1, -0.05) is 28.1 Å². The summed E-state index contributed by atoms with van der Waals surface area (Å²) < 4.78 is 29.2. The zero-order chi connectivity index (χ0) is 22.1. The normalized spacial score (nSPS) is 14.4. The number of imide groups is 1. The van der Waals surface area contributed by atoms with E-state index < -0.39 is 33.6 Å². The Hall–Kier alpha value is -2.72. The predicted octanol–water partition coefficient (Wildman–Crippen LogP) is 2.50. The third kappa shape index (κ3) is 4.54. The second-order valence-corrected chi connectivity index (χ2v) is 9.97. The average molecular weight is 495 g/mol. The van der Waals surface area contributed by atoms with Crippen LogP contribution in [0, 0.1) is 0 Å². The fourth-order valence-corrected chi connectivity index (χ4v) is 4.19. The summed E-state index contributed by atoms with van der Waals surface area (Å²) in [5.74, 6) is -1.95. The van der Waals surface area contributed by atoms with Crippen molar-refractivity contribution < 1.29 is 27.5 Å². The number of methoxy groups -OCH3 is 1. The number of hydrogen-bond donors (Lipinski definition) is 1. The van der Waals surface area contributed by atoms with Crippen LogP contribution in [0.15, 0.2) is 46.9 Å². The molecule has 0 unspecified atom stereocenters. The molecule has 0 saturated carbocycles. The van der Waals surface area contributed by atoms with Gasteiger partial charge in [0.25, 0.3) is 11.8 Å². The lowest BCUT2D eigenvalue weighted by atomic mass is 10.1. The summed E-state index contributed by atoms with van der Waals surface area (Å²) in [5, 5.41) is 2.64. The van der Waals surface area contributed by atoms with Gasteiger partial charge >= 0.3 is 0 Å². The molecule has 1 heterocycles. The molecule has 158 valence electrons. The molecule has 0 fully saturated rings. The van der Waals surface area contributed by atoms with Crippen LogP contribution in [-0.4, -0.2) is 56.2 Å². The van der Waals surface area contributed by atoms with Gasteiger partial charge in [-0.2, -0.15) is 0 Å². The summed E-state index contributed by atoms with van der Waals surface area (Å²) >= 11 is 3.26. The first-order chi connectivity index (χ1) is 14.1. The van der Waals surface area contributed by atoms with Gasteiger partial charge in [-0.3, -0.25) is 19.3 Å². The van der Waals surface area contributed by atoms with E-state index in [4.69, 9.17) is 4.74 Å². The topological polar surface area (TPSA) is 110 Å². The Bertz CT molecular complexity index is 1130. The molecule has 1 aliphatic heterocycles. The predicted molar refractivity (Wildman–Crippen MR) is 114 cm³/mol. The smallest absolute Gasteiger partial charge is 0.262 e. The lowest BCUT2D eigenvalue weighted by Crippen LogP contribution is -2.48. The Balaban J connectivity index is 1.96. The van der Waals surface area contributed by atoms with E-state index in [1.807, 2.05) is 0 Å². The maximum atomic E-state index is 13.1. The first-order valence-corrected chi connectivity index (χ1v) is 11.8. The monoisotopic (exact) mass is 494 g/mol. The summed E-state index contributed by atoms with van der Waals surface area (Å²) in [7, 11) is -2.00. The van der Waals surface area contributed by atoms with Crippen molar-refractivity contribution in [2.45, 2.75) is 12.5 Å². The Kier molecular flexibility index (Phi) is 6.27. The Morgan fingerprint density at radius 2 is 1.80 bits per heavy atom. The lowest BCUT2D eigenvalue weighted by Gasteiger charge is -2.25. The molecule has 2 aromatic rings. The van der Waals surface area contributed by atoms with Gasteiger partial charge < -0.3 is 10.1 Å². The number of amides is 3. The highest BCUT2D eigenvalue weighted by Crippen LogP contribution is 2.30. The molecular weight excluding hydrogens is 476 g/mol. The van der Waals surface area contributed by atoms with Crippen molar-refractivity contribution in [1.29, 1.82) is 0 Å². The van der Waals surface area contributed by atoms with E-state index in [9.17, 15) is 22.8 Å². The third-order valence-corrected chi connectivity index (χ3v) is 6.09. The van der Waals surface area contributed by atoms with E-state index in [1.54, 1.807) is 30.3 Å². The Morgan fingerprint density at radius 1 is 1.13 bits per heavy atom. The number of sulfone groups is 1. The van der Waals surface area contributed by atoms with E-state index in [0.29, 0.717) is 15.9 Å². The van der Waals surface area contributed by atoms with Crippen LogP contribution >= 0.6 is 15.9 Å². The number of rotatable bonds is 7. The van der Waals surface area contributed by atoms with E-state index >= 15 is 0 Å². The van der Waals surface area contributed by atoms with E-state index in [1.165, 1.54) is 19.2 Å². The number of ether oxygens (including phenoxy) is 1. The maximum absolute atomic E-state index is 13.1. The van der Waals surface area contributed by atoms with Crippen LogP contribution in [0.25, 0.3) is 0 Å². The van der Waals surface area contributed by atoms with E-state index in [-0.39, 0.29) is 23.3 Å². The van der Waals surface area contributed by atoms with Gasteiger partial charge in [-0.25, -0.2) is 8.42 Å². The highest BCUT2D eigenvalue weighted by molar-refractivity contribution is 9.10. The fourth-order valence-electron chi connectivity index (χ4n) is 3.18. The van der Waals surface area contributed by atoms with Crippen molar-refractivity contribution in [3.05, 3.63) is 58.1 Å². The molecule has 0 radical (unpaired) electrons. The van der Waals surface area contributed by atoms with E-state index in [2.05, 4.69) is 21.2 Å². The molecular formula is C20H19BrN2O6S. The minimum atomic E-state index is -3.44. The SMILES string of the molecule is COc1ccccc1NC(=O)[C@H](CCS(C)(=O)=O)N1C(=O)c2ccc(Br)cc2C1=O. The zero-order valence-electron chi connectivity index (χ0n) is 16.2. The number of hydrogen-bond acceptors (Lipinski definition) is 6. The molecule has 3 amide bonds. The number of carbonyl (C=O) groups is 3. The number of anilines is 1. The number of carbonyl (C=O) groups excluding carboxylic acids is 3. The van der Waals surface area contributed by atoms with Crippen molar-refractivity contribution in [2.75, 3.05) is 24.4 Å². The van der Waals surface area contributed by atoms with Gasteiger partial charge in [0.05, 0.1) is 29.7 Å². The van der Waals surface area contributed by atoms with Crippen LogP contribution in [0.3, 0.4) is 0 Å². The summed E-state index contributed by atoms with van der Waals surface area (Å²) in [6.07, 6.45) is 0.800. The van der Waals surface area contributed by atoms with Crippen LogP contribution in [-0.2, 0) is 14.6 Å². The first kappa shape index (κ1) is 22.0. The van der Waals surface area contributed by atoms with Crippen molar-refractivity contribution in [1.82, 2.24) is 4.90 Å². The number of benzene rings is 2. The minimum Gasteiger partial charge on any atom is -0.495 e. The van der Waals surface area contributed by atoms with Crippen molar-refractivity contribution in [2.24, 2.45) is 0 Å². The summed E-state index contributed by atoms with van der Waals surface area (Å²) in [5.41, 5.74) is 0.662. The molecule has 10 heteroatoms. The van der Waals surface area contributed by atoms with Gasteiger partial charge in [-0.05, 0) is 36.8 Å². The molecule has 1 N–H and O–H groups in total. The van der Waals surface area contributed by atoms with Crippen LogP contribution in [0.5, 0.6) is 5.75 Å². The summed E-state index contributed by atoms with van der Waals surface area (Å²) in [6.45, 7) is 0. The van der Waals surface area contributed by atoms with Crippen LogP contribution in [0.4, 0.5) is 5.69 Å². The number of halogens is 1. The van der Waals surface area contributed by atoms with Gasteiger partial charge in [0.15, 0.2) is 0 Å². The van der Waals surface area contributed by atoms with Crippen molar-refractivity contribution >= 4 is 49.2 Å². The van der Waals surface area contributed by atoms with Crippen molar-refractivity contribution in [3.8, 4) is 5.75 Å². The second kappa shape index (κ2) is 8.57. The number of fused-ring (bicyclic) bond motifs is 1. The first-order valence-electron chi connectivity index (χ1n) is 8.91. The highest BCUT2D eigenvalue weighted by atomic mass is 79.9. The van der Waals surface area contributed by atoms with Crippen molar-refractivity contribution in [3.63, 3.8) is 0 Å². The largest absolute Gasteiger partial charge is 0.495 e. The molecule has 0 aliphatic carbocycles. The molecule has 30 heavy (non-hydrogen) atoms. The summed E-state index contributed by atoms with van der Waals surface area (Å²) in [6, 6.07) is 9.95. The molecule has 0 bridgehead atoms. The number of nitrogens with one attached hydrogen (secondary N) is 1. The number of nitrogens with zero attached hydrogens (tertiary/aromatic N) is 1. The fraction of sp³-hybridized carbons (Fsp3) is 0.250. The maximum Gasteiger partial charge on any atom is 0.262 e. The van der Waals surface area contributed by atoms with Crippen LogP contribution < -0.4 is 10.1 Å². The number of para-hydroxylation sites is 2. The molecule has 0 aromatic heterocycles. The van der Waals surface area contributed by atoms with Gasteiger partial charge in [0, 0.05) is 10.7 Å². The van der Waals surface area contributed by atoms with Gasteiger partial charge in [0.2, 0.25) is 5.91 Å². The lowest BCUT2D eigenvalue weighted by molar-refractivity contribution is -0.120. The van der Waals surface area contributed by atoms with E-state index in [0.717, 1.165) is 11.2 Å². The molecule has 8 nitrogen and oxygen atoms in total. The molecule has 3 rings (SSSR count). The second-order valence-electron chi connectivity index (χ2n) is 6.79. The summed E-state index contributed by atoms with van der Waals surface area (Å²) in [4.78, 5) is 39.7. The average Bonchev–Trinajstić information content (AvgIpc) is 2.92. The molecule has 1 aliphatic rings. The zero-order valence-corrected chi connectivity index (χ0v) is 18.6. The van der Waals surface area contributed by atoms with Crippen LogP contribution in [0.2, 0.25) is 0 Å². The minimum absolute atomic E-state index is 0.156. The molecule has 1 atom stereocenters. The molecule has 0 spiro atoms.